The zero-order valence-corrected chi connectivity index (χ0v) is 15.3. The molecular weight excluding hydrogens is 322 g/mol. The molecule has 2 atom stereocenters. The van der Waals surface area contributed by atoms with Crippen molar-refractivity contribution < 1.29 is 0 Å². The van der Waals surface area contributed by atoms with Gasteiger partial charge in [-0.25, -0.2) is 4.98 Å². The minimum absolute atomic E-state index is 0.494. The van der Waals surface area contributed by atoms with E-state index in [1.165, 1.54) is 25.7 Å². The molecule has 0 unspecified atom stereocenters. The molecule has 1 aliphatic rings. The minimum atomic E-state index is 0.494. The summed E-state index contributed by atoms with van der Waals surface area (Å²) in [6, 6.07) is 8.76. The van der Waals surface area contributed by atoms with E-state index >= 15 is 0 Å². The van der Waals surface area contributed by atoms with Gasteiger partial charge in [0.15, 0.2) is 5.11 Å². The predicted molar refractivity (Wildman–Crippen MR) is 103 cm³/mol. The normalized spacial score (nSPS) is 21.0. The Labute approximate surface area is 147 Å². The molecule has 1 aromatic heterocycles. The molecule has 23 heavy (non-hydrogen) atoms. The summed E-state index contributed by atoms with van der Waals surface area (Å²) < 4.78 is 0. The molecule has 3 nitrogen and oxygen atoms in total. The lowest BCUT2D eigenvalue weighted by atomic mass is 9.86. The number of nitrogens with one attached hydrogen (secondary N) is 2. The number of rotatable bonds is 3. The van der Waals surface area contributed by atoms with Gasteiger partial charge in [-0.2, -0.15) is 0 Å². The topological polar surface area (TPSA) is 37.0 Å². The zero-order chi connectivity index (χ0) is 16.2. The lowest BCUT2D eigenvalue weighted by Gasteiger charge is -2.30. The number of aryl methyl sites for hydroxylation is 1. The molecular formula is C18H23N3S2. The predicted octanol–water partition coefficient (Wildman–Crippen LogP) is 4.98. The van der Waals surface area contributed by atoms with E-state index in [1.54, 1.807) is 11.3 Å². The number of benzene rings is 1. The van der Waals surface area contributed by atoms with Gasteiger partial charge in [-0.05, 0) is 50.0 Å². The molecule has 5 heteroatoms. The number of anilines is 1. The van der Waals surface area contributed by atoms with E-state index in [0.29, 0.717) is 12.0 Å². The molecule has 2 aromatic rings. The fourth-order valence-corrected chi connectivity index (χ4v) is 4.01. The Kier molecular flexibility index (Phi) is 5.28. The highest BCUT2D eigenvalue weighted by Gasteiger charge is 2.21. The van der Waals surface area contributed by atoms with Gasteiger partial charge in [0, 0.05) is 22.7 Å². The largest absolute Gasteiger partial charge is 0.359 e. The van der Waals surface area contributed by atoms with E-state index in [9.17, 15) is 0 Å². The summed E-state index contributed by atoms with van der Waals surface area (Å²) in [6.07, 6.45) is 5.14. The van der Waals surface area contributed by atoms with Gasteiger partial charge in [-0.1, -0.05) is 31.9 Å². The molecule has 0 aliphatic heterocycles. The first-order chi connectivity index (χ1) is 11.1. The van der Waals surface area contributed by atoms with Crippen LogP contribution in [-0.4, -0.2) is 16.1 Å². The van der Waals surface area contributed by atoms with Crippen molar-refractivity contribution in [3.8, 4) is 11.3 Å². The Morgan fingerprint density at radius 3 is 2.87 bits per heavy atom. The van der Waals surface area contributed by atoms with Gasteiger partial charge < -0.3 is 10.6 Å². The average Bonchev–Trinajstić information content (AvgIpc) is 2.96. The second-order valence-corrected chi connectivity index (χ2v) is 7.77. The summed E-state index contributed by atoms with van der Waals surface area (Å²) in [6.45, 7) is 4.34. The Balaban J connectivity index is 1.64. The number of nitrogens with zero attached hydrogens (tertiary/aromatic N) is 1. The second-order valence-electron chi connectivity index (χ2n) is 6.30. The molecule has 1 saturated carbocycles. The maximum Gasteiger partial charge on any atom is 0.171 e. The summed E-state index contributed by atoms with van der Waals surface area (Å²) in [5.74, 6) is 0.688. The van der Waals surface area contributed by atoms with Gasteiger partial charge in [0.1, 0.15) is 0 Å². The SMILES string of the molecule is Cc1nc(-c2cccc(NC(=S)N[C@H]3CCCC[C@@H]3C)c2)cs1. The van der Waals surface area contributed by atoms with Gasteiger partial charge in [0.2, 0.25) is 0 Å². The molecule has 0 saturated heterocycles. The highest BCUT2D eigenvalue weighted by molar-refractivity contribution is 7.80. The molecule has 0 radical (unpaired) electrons. The van der Waals surface area contributed by atoms with E-state index in [2.05, 4.69) is 40.1 Å². The zero-order valence-electron chi connectivity index (χ0n) is 13.6. The van der Waals surface area contributed by atoms with Crippen LogP contribution in [0.1, 0.15) is 37.6 Å². The first kappa shape index (κ1) is 16.4. The van der Waals surface area contributed by atoms with Crippen LogP contribution in [0.25, 0.3) is 11.3 Å². The fourth-order valence-electron chi connectivity index (χ4n) is 3.12. The van der Waals surface area contributed by atoms with Gasteiger partial charge in [-0.15, -0.1) is 11.3 Å². The highest BCUT2D eigenvalue weighted by atomic mass is 32.1. The van der Waals surface area contributed by atoms with Crippen LogP contribution in [0.4, 0.5) is 5.69 Å². The van der Waals surface area contributed by atoms with Crippen LogP contribution in [0.5, 0.6) is 0 Å². The minimum Gasteiger partial charge on any atom is -0.359 e. The number of thiocarbonyl (C=S) groups is 1. The van der Waals surface area contributed by atoms with Gasteiger partial charge in [0.05, 0.1) is 10.7 Å². The Hall–Kier alpha value is -1.46. The van der Waals surface area contributed by atoms with Crippen molar-refractivity contribution in [2.24, 2.45) is 5.92 Å². The van der Waals surface area contributed by atoms with Crippen molar-refractivity contribution in [2.75, 3.05) is 5.32 Å². The van der Waals surface area contributed by atoms with Gasteiger partial charge in [-0.3, -0.25) is 0 Å². The maximum absolute atomic E-state index is 5.50. The summed E-state index contributed by atoms with van der Waals surface area (Å²) in [5, 5.41) is 10.7. The molecule has 0 spiro atoms. The van der Waals surface area contributed by atoms with Crippen LogP contribution in [0.15, 0.2) is 29.6 Å². The molecule has 1 fully saturated rings. The van der Waals surface area contributed by atoms with E-state index in [-0.39, 0.29) is 0 Å². The van der Waals surface area contributed by atoms with Crippen LogP contribution >= 0.6 is 23.6 Å². The molecule has 1 heterocycles. The van der Waals surface area contributed by atoms with E-state index in [0.717, 1.165) is 27.1 Å². The number of hydrogen-bond donors (Lipinski definition) is 2. The molecule has 2 N–H and O–H groups in total. The Morgan fingerprint density at radius 2 is 2.13 bits per heavy atom. The van der Waals surface area contributed by atoms with E-state index in [4.69, 9.17) is 12.2 Å². The van der Waals surface area contributed by atoms with Crippen molar-refractivity contribution in [1.29, 1.82) is 0 Å². The van der Waals surface area contributed by atoms with E-state index in [1.807, 2.05) is 19.1 Å². The van der Waals surface area contributed by atoms with Crippen molar-refractivity contribution in [1.82, 2.24) is 10.3 Å². The maximum atomic E-state index is 5.50. The lowest BCUT2D eigenvalue weighted by Crippen LogP contribution is -2.43. The highest BCUT2D eigenvalue weighted by Crippen LogP contribution is 2.25. The standard InChI is InChI=1S/C18H23N3S2/c1-12-6-3-4-9-16(12)21-18(22)20-15-8-5-7-14(10-15)17-11-23-13(2)19-17/h5,7-8,10-12,16H,3-4,6,9H2,1-2H3,(H2,20,21,22)/t12-,16-/m0/s1. The molecule has 3 rings (SSSR count). The van der Waals surface area contributed by atoms with Crippen LogP contribution in [0.3, 0.4) is 0 Å². The monoisotopic (exact) mass is 345 g/mol. The van der Waals surface area contributed by atoms with Gasteiger partial charge >= 0.3 is 0 Å². The van der Waals surface area contributed by atoms with Crippen molar-refractivity contribution in [3.63, 3.8) is 0 Å². The number of aromatic nitrogens is 1. The van der Waals surface area contributed by atoms with Gasteiger partial charge in [0.25, 0.3) is 0 Å². The first-order valence-electron chi connectivity index (χ1n) is 8.22. The molecule has 122 valence electrons. The van der Waals surface area contributed by atoms with Crippen molar-refractivity contribution in [3.05, 3.63) is 34.7 Å². The quantitative estimate of drug-likeness (QED) is 0.769. The third-order valence-electron chi connectivity index (χ3n) is 4.46. The number of thiazole rings is 1. The van der Waals surface area contributed by atoms with E-state index < -0.39 is 0 Å². The first-order valence-corrected chi connectivity index (χ1v) is 9.50. The van der Waals surface area contributed by atoms with Crippen LogP contribution in [-0.2, 0) is 0 Å². The van der Waals surface area contributed by atoms with Crippen LogP contribution < -0.4 is 10.6 Å². The molecule has 0 amide bonds. The summed E-state index contributed by atoms with van der Waals surface area (Å²) in [7, 11) is 0. The molecule has 1 aliphatic carbocycles. The summed E-state index contributed by atoms with van der Waals surface area (Å²) in [4.78, 5) is 4.55. The second kappa shape index (κ2) is 7.41. The Bertz CT molecular complexity index is 680. The summed E-state index contributed by atoms with van der Waals surface area (Å²) >= 11 is 7.17. The van der Waals surface area contributed by atoms with Crippen molar-refractivity contribution >= 4 is 34.4 Å². The average molecular weight is 346 g/mol. The Morgan fingerprint density at radius 1 is 1.30 bits per heavy atom. The number of hydrogen-bond acceptors (Lipinski definition) is 3. The summed E-state index contributed by atoms with van der Waals surface area (Å²) in [5.41, 5.74) is 3.15. The fraction of sp³-hybridized carbons (Fsp3) is 0.444. The molecule has 1 aromatic carbocycles. The van der Waals surface area contributed by atoms with Crippen LogP contribution in [0.2, 0.25) is 0 Å². The molecule has 0 bridgehead atoms. The smallest absolute Gasteiger partial charge is 0.171 e. The van der Waals surface area contributed by atoms with Crippen LogP contribution in [0, 0.1) is 12.8 Å². The third kappa shape index (κ3) is 4.30. The van der Waals surface area contributed by atoms with Crippen molar-refractivity contribution in [2.45, 2.75) is 45.6 Å². The third-order valence-corrected chi connectivity index (χ3v) is 5.46. The lowest BCUT2D eigenvalue weighted by molar-refractivity contribution is 0.309.